The minimum Gasteiger partial charge on any atom is -0.298 e. The number of nitrogens with zero attached hydrogens (tertiary/aromatic N) is 2. The number of carbonyl (C=O) groups is 1. The Morgan fingerprint density at radius 2 is 1.78 bits per heavy atom. The molecular weight excluding hydrogens is 373 g/mol. The van der Waals surface area contributed by atoms with Crippen molar-refractivity contribution >= 4 is 22.2 Å². The molecule has 0 spiro atoms. The normalized spacial score (nSPS) is 10.8. The van der Waals surface area contributed by atoms with Crippen LogP contribution in [0.25, 0.3) is 16.9 Å². The molecule has 0 atom stereocenters. The van der Waals surface area contributed by atoms with E-state index in [4.69, 9.17) is 0 Å². The highest BCUT2D eigenvalue weighted by atomic mass is 79.9. The third-order valence-corrected chi connectivity index (χ3v) is 3.98. The van der Waals surface area contributed by atoms with Crippen LogP contribution in [0.15, 0.2) is 47.1 Å². The van der Waals surface area contributed by atoms with E-state index in [2.05, 4.69) is 21.0 Å². The van der Waals surface area contributed by atoms with Gasteiger partial charge in [-0.3, -0.25) is 4.79 Å². The van der Waals surface area contributed by atoms with Gasteiger partial charge in [-0.1, -0.05) is 12.1 Å². The first kappa shape index (κ1) is 15.5. The molecule has 0 unspecified atom stereocenters. The van der Waals surface area contributed by atoms with Crippen LogP contribution < -0.4 is 0 Å². The molecule has 7 heteroatoms. The van der Waals surface area contributed by atoms with Crippen LogP contribution in [0.3, 0.4) is 0 Å². The molecule has 0 fully saturated rings. The zero-order valence-corrected chi connectivity index (χ0v) is 13.0. The van der Waals surface area contributed by atoms with E-state index in [1.165, 1.54) is 24.3 Å². The van der Waals surface area contributed by atoms with Gasteiger partial charge in [0.15, 0.2) is 12.1 Å². The minimum absolute atomic E-state index is 0.0379. The van der Waals surface area contributed by atoms with E-state index in [0.717, 1.165) is 10.7 Å². The molecule has 0 aliphatic rings. The summed E-state index contributed by atoms with van der Waals surface area (Å²) in [4.78, 5) is 11.4. The van der Waals surface area contributed by atoms with E-state index in [1.54, 1.807) is 6.07 Å². The fourth-order valence-corrected chi connectivity index (χ4v) is 2.73. The van der Waals surface area contributed by atoms with E-state index in [-0.39, 0.29) is 21.5 Å². The summed E-state index contributed by atoms with van der Waals surface area (Å²) in [6.07, 6.45) is 0.537. The highest BCUT2D eigenvalue weighted by molar-refractivity contribution is 9.10. The Balaban J connectivity index is 2.23. The highest BCUT2D eigenvalue weighted by Crippen LogP contribution is 2.31. The van der Waals surface area contributed by atoms with Gasteiger partial charge in [0, 0.05) is 11.6 Å². The SMILES string of the molecule is O=Cc1c(-c2cccc(F)c2)nn(-c2ccc(F)cc2F)c1Br. The fraction of sp³-hybridized carbons (Fsp3) is 0. The second-order valence-corrected chi connectivity index (χ2v) is 5.44. The van der Waals surface area contributed by atoms with Crippen LogP contribution in [0.5, 0.6) is 0 Å². The lowest BCUT2D eigenvalue weighted by atomic mass is 10.1. The average Bonchev–Trinajstić information content (AvgIpc) is 2.84. The van der Waals surface area contributed by atoms with Gasteiger partial charge in [-0.15, -0.1) is 0 Å². The zero-order chi connectivity index (χ0) is 16.6. The Bertz CT molecular complexity index is 908. The number of aldehydes is 1. The summed E-state index contributed by atoms with van der Waals surface area (Å²) in [6.45, 7) is 0. The number of rotatable bonds is 3. The largest absolute Gasteiger partial charge is 0.298 e. The van der Waals surface area contributed by atoms with Crippen molar-refractivity contribution in [2.45, 2.75) is 0 Å². The van der Waals surface area contributed by atoms with Crippen molar-refractivity contribution in [1.82, 2.24) is 9.78 Å². The van der Waals surface area contributed by atoms with Gasteiger partial charge in [0.2, 0.25) is 0 Å². The molecule has 23 heavy (non-hydrogen) atoms. The van der Waals surface area contributed by atoms with Gasteiger partial charge in [0.1, 0.15) is 27.6 Å². The number of halogens is 4. The van der Waals surface area contributed by atoms with Gasteiger partial charge in [0.25, 0.3) is 0 Å². The summed E-state index contributed by atoms with van der Waals surface area (Å²) in [7, 11) is 0. The van der Waals surface area contributed by atoms with Gasteiger partial charge in [-0.25, -0.2) is 17.9 Å². The van der Waals surface area contributed by atoms with Crippen LogP contribution in [0.4, 0.5) is 13.2 Å². The Morgan fingerprint density at radius 3 is 2.43 bits per heavy atom. The standard InChI is InChI=1S/C16H8BrF3N2O/c17-16-12(8-23)15(9-2-1-3-10(18)6-9)21-22(16)14-5-4-11(19)7-13(14)20/h1-8H. The molecule has 1 aromatic heterocycles. The van der Waals surface area contributed by atoms with Crippen molar-refractivity contribution in [1.29, 1.82) is 0 Å². The summed E-state index contributed by atoms with van der Waals surface area (Å²) in [5.74, 6) is -2.05. The molecule has 0 aliphatic carbocycles. The monoisotopic (exact) mass is 380 g/mol. The molecule has 0 N–H and O–H groups in total. The number of benzene rings is 2. The molecule has 0 saturated heterocycles. The molecule has 1 heterocycles. The molecule has 116 valence electrons. The maximum absolute atomic E-state index is 14.0. The number of carbonyl (C=O) groups excluding carboxylic acids is 1. The average molecular weight is 381 g/mol. The van der Waals surface area contributed by atoms with E-state index in [1.807, 2.05) is 0 Å². The van der Waals surface area contributed by atoms with Crippen LogP contribution in [-0.4, -0.2) is 16.1 Å². The molecule has 0 radical (unpaired) electrons. The van der Waals surface area contributed by atoms with Gasteiger partial charge in [-0.05, 0) is 40.2 Å². The highest BCUT2D eigenvalue weighted by Gasteiger charge is 2.20. The number of hydrogen-bond donors (Lipinski definition) is 0. The van der Waals surface area contributed by atoms with Crippen molar-refractivity contribution in [2.24, 2.45) is 0 Å². The quantitative estimate of drug-likeness (QED) is 0.625. The third kappa shape index (κ3) is 2.79. The maximum atomic E-state index is 14.0. The second kappa shape index (κ2) is 6.00. The van der Waals surface area contributed by atoms with Crippen molar-refractivity contribution in [3.05, 3.63) is 70.1 Å². The Labute approximate surface area is 137 Å². The summed E-state index contributed by atoms with van der Waals surface area (Å²) in [5, 5.41) is 4.16. The lowest BCUT2D eigenvalue weighted by molar-refractivity contribution is 0.112. The minimum atomic E-state index is -0.837. The predicted molar refractivity (Wildman–Crippen MR) is 82.0 cm³/mol. The van der Waals surface area contributed by atoms with Crippen LogP contribution in [0.1, 0.15) is 10.4 Å². The van der Waals surface area contributed by atoms with Crippen LogP contribution in [0.2, 0.25) is 0 Å². The van der Waals surface area contributed by atoms with Crippen LogP contribution in [0, 0.1) is 17.5 Å². The molecule has 2 aromatic carbocycles. The van der Waals surface area contributed by atoms with Crippen molar-refractivity contribution in [2.75, 3.05) is 0 Å². The Kier molecular flexibility index (Phi) is 4.04. The second-order valence-electron chi connectivity index (χ2n) is 4.69. The van der Waals surface area contributed by atoms with E-state index >= 15 is 0 Å². The lowest BCUT2D eigenvalue weighted by Crippen LogP contribution is -2.01. The van der Waals surface area contributed by atoms with E-state index in [0.29, 0.717) is 17.9 Å². The Morgan fingerprint density at radius 1 is 1.04 bits per heavy atom. The smallest absolute Gasteiger partial charge is 0.155 e. The lowest BCUT2D eigenvalue weighted by Gasteiger charge is -2.04. The molecule has 0 bridgehead atoms. The number of aromatic nitrogens is 2. The van der Waals surface area contributed by atoms with E-state index < -0.39 is 17.5 Å². The van der Waals surface area contributed by atoms with Gasteiger partial charge < -0.3 is 0 Å². The zero-order valence-electron chi connectivity index (χ0n) is 11.4. The third-order valence-electron chi connectivity index (χ3n) is 3.22. The summed E-state index contributed by atoms with van der Waals surface area (Å²) >= 11 is 3.18. The van der Waals surface area contributed by atoms with Crippen molar-refractivity contribution < 1.29 is 18.0 Å². The first-order valence-corrected chi connectivity index (χ1v) is 7.25. The Hall–Kier alpha value is -2.41. The fourth-order valence-electron chi connectivity index (χ4n) is 2.18. The summed E-state index contributed by atoms with van der Waals surface area (Å²) < 4.78 is 41.7. The summed E-state index contributed by atoms with van der Waals surface area (Å²) in [6, 6.07) is 8.52. The predicted octanol–water partition coefficient (Wildman–Crippen LogP) is 4.53. The van der Waals surface area contributed by atoms with Crippen molar-refractivity contribution in [3.8, 4) is 16.9 Å². The molecular formula is C16H8BrF3N2O. The molecule has 3 rings (SSSR count). The van der Waals surface area contributed by atoms with Gasteiger partial charge in [0.05, 0.1) is 5.56 Å². The van der Waals surface area contributed by atoms with Crippen LogP contribution >= 0.6 is 15.9 Å². The molecule has 3 nitrogen and oxygen atoms in total. The molecule has 3 aromatic rings. The topological polar surface area (TPSA) is 34.9 Å². The molecule has 0 aliphatic heterocycles. The van der Waals surface area contributed by atoms with E-state index in [9.17, 15) is 18.0 Å². The first-order valence-electron chi connectivity index (χ1n) is 6.46. The first-order chi connectivity index (χ1) is 11.0. The molecule has 0 saturated carbocycles. The maximum Gasteiger partial charge on any atom is 0.155 e. The summed E-state index contributed by atoms with van der Waals surface area (Å²) in [5.41, 5.74) is 0.660. The number of hydrogen-bond acceptors (Lipinski definition) is 2. The molecule has 0 amide bonds. The van der Waals surface area contributed by atoms with Crippen LogP contribution in [-0.2, 0) is 0 Å². The van der Waals surface area contributed by atoms with Gasteiger partial charge >= 0.3 is 0 Å². The van der Waals surface area contributed by atoms with Gasteiger partial charge in [-0.2, -0.15) is 5.10 Å². The van der Waals surface area contributed by atoms with Crippen molar-refractivity contribution in [3.63, 3.8) is 0 Å².